The highest BCUT2D eigenvalue weighted by Crippen LogP contribution is 2.24. The van der Waals surface area contributed by atoms with Gasteiger partial charge in [-0.1, -0.05) is 23.2 Å². The van der Waals surface area contributed by atoms with Crippen LogP contribution in [-0.2, 0) is 6.61 Å². The molecule has 122 valence electrons. The van der Waals surface area contributed by atoms with Crippen molar-refractivity contribution in [1.29, 1.82) is 0 Å². The van der Waals surface area contributed by atoms with Crippen molar-refractivity contribution in [2.24, 2.45) is 0 Å². The number of nitrogens with one attached hydrogen (secondary N) is 1. The molecule has 2 aromatic heterocycles. The Morgan fingerprint density at radius 3 is 2.62 bits per heavy atom. The van der Waals surface area contributed by atoms with E-state index in [9.17, 15) is 9.59 Å². The van der Waals surface area contributed by atoms with Crippen LogP contribution in [0.15, 0.2) is 53.6 Å². The molecule has 0 amide bonds. The molecule has 0 atom stereocenters. The van der Waals surface area contributed by atoms with Gasteiger partial charge in [-0.3, -0.25) is 19.7 Å². The molecule has 3 aromatic rings. The van der Waals surface area contributed by atoms with E-state index in [0.29, 0.717) is 27.1 Å². The van der Waals surface area contributed by atoms with Gasteiger partial charge in [0.05, 0.1) is 11.3 Å². The molecule has 0 aliphatic rings. The molecule has 0 spiro atoms. The number of nitrogens with zero attached hydrogens (tertiary/aromatic N) is 2. The Morgan fingerprint density at radius 1 is 1.21 bits per heavy atom. The first-order valence-corrected chi connectivity index (χ1v) is 7.63. The van der Waals surface area contributed by atoms with Gasteiger partial charge in [0.2, 0.25) is 0 Å². The van der Waals surface area contributed by atoms with E-state index in [1.165, 1.54) is 12.3 Å². The molecule has 0 saturated carbocycles. The number of hydrogen-bond acceptors (Lipinski definition) is 4. The summed E-state index contributed by atoms with van der Waals surface area (Å²) in [4.78, 5) is 28.1. The molecule has 0 aliphatic heterocycles. The zero-order valence-electron chi connectivity index (χ0n) is 12.2. The standard InChI is InChI=1S/C16H11Cl2N3O3/c17-11-4-12(18)6-14(5-11)24-9-13-7-15(22)21(20-13)16(23)10-2-1-3-19-8-10/h1-8,20H,9H2. The first-order valence-electron chi connectivity index (χ1n) is 6.87. The van der Waals surface area contributed by atoms with Crippen LogP contribution in [0.1, 0.15) is 16.1 Å². The fourth-order valence-electron chi connectivity index (χ4n) is 2.06. The van der Waals surface area contributed by atoms with Crippen LogP contribution >= 0.6 is 23.2 Å². The summed E-state index contributed by atoms with van der Waals surface area (Å²) in [5.41, 5.74) is 0.260. The van der Waals surface area contributed by atoms with E-state index in [4.69, 9.17) is 27.9 Å². The van der Waals surface area contributed by atoms with Crippen LogP contribution in [0.4, 0.5) is 0 Å². The van der Waals surface area contributed by atoms with Gasteiger partial charge in [-0.05, 0) is 30.3 Å². The Hall–Kier alpha value is -2.57. The minimum atomic E-state index is -0.495. The maximum Gasteiger partial charge on any atom is 0.281 e. The SMILES string of the molecule is O=C(c1cccnc1)n1[nH]c(COc2cc(Cl)cc(Cl)c2)cc1=O. The van der Waals surface area contributed by atoms with E-state index < -0.39 is 11.5 Å². The summed E-state index contributed by atoms with van der Waals surface area (Å²) in [5, 5.41) is 3.60. The number of carbonyl (C=O) groups excluding carboxylic acids is 1. The Labute approximate surface area is 146 Å². The summed E-state index contributed by atoms with van der Waals surface area (Å²) >= 11 is 11.8. The second-order valence-corrected chi connectivity index (χ2v) is 5.77. The van der Waals surface area contributed by atoms with Gasteiger partial charge >= 0.3 is 0 Å². The Bertz CT molecular complexity index is 915. The van der Waals surface area contributed by atoms with Crippen molar-refractivity contribution in [3.8, 4) is 5.75 Å². The fourth-order valence-corrected chi connectivity index (χ4v) is 2.57. The molecule has 24 heavy (non-hydrogen) atoms. The number of carbonyl (C=O) groups is 1. The summed E-state index contributed by atoms with van der Waals surface area (Å²) in [6, 6.07) is 9.27. The van der Waals surface area contributed by atoms with Crippen molar-refractivity contribution in [2.45, 2.75) is 6.61 Å². The lowest BCUT2D eigenvalue weighted by molar-refractivity contribution is 0.0940. The van der Waals surface area contributed by atoms with Gasteiger partial charge in [0, 0.05) is 28.5 Å². The van der Waals surface area contributed by atoms with Crippen molar-refractivity contribution in [2.75, 3.05) is 0 Å². The highest BCUT2D eigenvalue weighted by atomic mass is 35.5. The van der Waals surface area contributed by atoms with Gasteiger partial charge in [-0.15, -0.1) is 0 Å². The predicted octanol–water partition coefficient (Wildman–Crippen LogP) is 3.15. The zero-order valence-corrected chi connectivity index (χ0v) is 13.7. The number of ether oxygens (including phenoxy) is 1. The quantitative estimate of drug-likeness (QED) is 0.772. The molecule has 0 saturated heterocycles. The number of H-pyrrole nitrogens is 1. The van der Waals surface area contributed by atoms with Crippen molar-refractivity contribution >= 4 is 29.1 Å². The van der Waals surface area contributed by atoms with E-state index in [2.05, 4.69) is 10.1 Å². The largest absolute Gasteiger partial charge is 0.487 e. The van der Waals surface area contributed by atoms with E-state index in [1.54, 1.807) is 36.5 Å². The number of aromatic amines is 1. The van der Waals surface area contributed by atoms with Crippen LogP contribution in [0, 0.1) is 0 Å². The second-order valence-electron chi connectivity index (χ2n) is 4.90. The van der Waals surface area contributed by atoms with Crippen LogP contribution in [0.25, 0.3) is 0 Å². The van der Waals surface area contributed by atoms with Gasteiger partial charge in [0.1, 0.15) is 12.4 Å². The van der Waals surface area contributed by atoms with Gasteiger partial charge in [-0.2, -0.15) is 4.68 Å². The van der Waals surface area contributed by atoms with E-state index in [0.717, 1.165) is 4.68 Å². The Balaban J connectivity index is 1.77. The highest BCUT2D eigenvalue weighted by molar-refractivity contribution is 6.34. The van der Waals surface area contributed by atoms with Gasteiger partial charge in [-0.25, -0.2) is 0 Å². The molecular formula is C16H11Cl2N3O3. The molecule has 1 N–H and O–H groups in total. The average Bonchev–Trinajstić information content (AvgIpc) is 2.93. The molecule has 0 bridgehead atoms. The first-order chi connectivity index (χ1) is 11.5. The van der Waals surface area contributed by atoms with Gasteiger partial charge < -0.3 is 4.74 Å². The molecule has 0 fully saturated rings. The summed E-state index contributed by atoms with van der Waals surface area (Å²) in [6.07, 6.45) is 2.93. The minimum absolute atomic E-state index is 0.0548. The van der Waals surface area contributed by atoms with E-state index >= 15 is 0 Å². The zero-order chi connectivity index (χ0) is 17.1. The molecule has 0 unspecified atom stereocenters. The predicted molar refractivity (Wildman–Crippen MR) is 89.8 cm³/mol. The molecule has 8 heteroatoms. The molecular weight excluding hydrogens is 353 g/mol. The molecule has 0 radical (unpaired) electrons. The number of aromatic nitrogens is 3. The smallest absolute Gasteiger partial charge is 0.281 e. The number of pyridine rings is 1. The third-order valence-electron chi connectivity index (χ3n) is 3.12. The first kappa shape index (κ1) is 16.3. The Morgan fingerprint density at radius 2 is 1.96 bits per heavy atom. The highest BCUT2D eigenvalue weighted by Gasteiger charge is 2.13. The third-order valence-corrected chi connectivity index (χ3v) is 3.55. The average molecular weight is 364 g/mol. The lowest BCUT2D eigenvalue weighted by atomic mass is 10.3. The lowest BCUT2D eigenvalue weighted by Gasteiger charge is -2.06. The normalized spacial score (nSPS) is 10.6. The second kappa shape index (κ2) is 6.90. The van der Waals surface area contributed by atoms with Crippen LogP contribution in [0.2, 0.25) is 10.0 Å². The minimum Gasteiger partial charge on any atom is -0.487 e. The molecule has 0 aliphatic carbocycles. The molecule has 3 rings (SSSR count). The number of rotatable bonds is 4. The van der Waals surface area contributed by atoms with Crippen LogP contribution in [0.5, 0.6) is 5.75 Å². The third kappa shape index (κ3) is 3.67. The number of benzene rings is 1. The number of halogens is 2. The maximum absolute atomic E-state index is 12.3. The summed E-state index contributed by atoms with van der Waals surface area (Å²) < 4.78 is 6.43. The monoisotopic (exact) mass is 363 g/mol. The van der Waals surface area contributed by atoms with Crippen LogP contribution in [-0.4, -0.2) is 20.7 Å². The topological polar surface area (TPSA) is 77.0 Å². The van der Waals surface area contributed by atoms with Crippen molar-refractivity contribution < 1.29 is 9.53 Å². The van der Waals surface area contributed by atoms with E-state index in [-0.39, 0.29) is 6.61 Å². The van der Waals surface area contributed by atoms with E-state index in [1.807, 2.05) is 0 Å². The molecule has 2 heterocycles. The van der Waals surface area contributed by atoms with Crippen LogP contribution < -0.4 is 10.3 Å². The summed E-state index contributed by atoms with van der Waals surface area (Å²) in [7, 11) is 0. The van der Waals surface area contributed by atoms with Gasteiger partial charge in [0.15, 0.2) is 0 Å². The molecule has 1 aromatic carbocycles. The van der Waals surface area contributed by atoms with Crippen LogP contribution in [0.3, 0.4) is 0 Å². The van der Waals surface area contributed by atoms with Crippen molar-refractivity contribution in [1.82, 2.24) is 14.8 Å². The summed E-state index contributed by atoms with van der Waals surface area (Å²) in [5.74, 6) is -0.0372. The Kier molecular flexibility index (Phi) is 4.69. The van der Waals surface area contributed by atoms with Crippen molar-refractivity contribution in [3.63, 3.8) is 0 Å². The fraction of sp³-hybridized carbons (Fsp3) is 0.0625. The van der Waals surface area contributed by atoms with Gasteiger partial charge in [0.25, 0.3) is 11.5 Å². The number of hydrogen-bond donors (Lipinski definition) is 1. The summed E-state index contributed by atoms with van der Waals surface area (Å²) in [6.45, 7) is 0.0548. The lowest BCUT2D eigenvalue weighted by Crippen LogP contribution is -2.24. The molecule has 6 nitrogen and oxygen atoms in total. The van der Waals surface area contributed by atoms with Crippen molar-refractivity contribution in [3.05, 3.63) is 80.4 Å². The maximum atomic E-state index is 12.3.